The van der Waals surface area contributed by atoms with Gasteiger partial charge >= 0.3 is 0 Å². The average molecular weight is 317 g/mol. The molecule has 0 spiro atoms. The first-order valence-electron chi connectivity index (χ1n) is 7.01. The normalized spacial score (nSPS) is 20.6. The highest BCUT2D eigenvalue weighted by Gasteiger charge is 2.26. The Morgan fingerprint density at radius 1 is 1.55 bits per heavy atom. The molecule has 3 N–H and O–H groups in total. The number of rotatable bonds is 6. The van der Waals surface area contributed by atoms with Crippen molar-refractivity contribution in [2.45, 2.75) is 43.5 Å². The minimum Gasteiger partial charge on any atom is -0.326 e. The molecule has 0 amide bonds. The van der Waals surface area contributed by atoms with Crippen LogP contribution in [0.3, 0.4) is 0 Å². The second-order valence-electron chi connectivity index (χ2n) is 5.15. The molecule has 114 valence electrons. The maximum Gasteiger partial charge on any atom is 0.250 e. The Bertz CT molecular complexity index is 554. The van der Waals surface area contributed by atoms with Crippen LogP contribution >= 0.6 is 11.3 Å². The van der Waals surface area contributed by atoms with Gasteiger partial charge in [0.25, 0.3) is 0 Å². The van der Waals surface area contributed by atoms with E-state index >= 15 is 0 Å². The van der Waals surface area contributed by atoms with Gasteiger partial charge in [-0.1, -0.05) is 6.92 Å². The molecule has 1 aromatic rings. The van der Waals surface area contributed by atoms with E-state index in [1.54, 1.807) is 6.07 Å². The lowest BCUT2D eigenvalue weighted by Crippen LogP contribution is -2.39. The third-order valence-corrected chi connectivity index (χ3v) is 7.02. The summed E-state index contributed by atoms with van der Waals surface area (Å²) in [5.41, 5.74) is 6.56. The van der Waals surface area contributed by atoms with Crippen molar-refractivity contribution in [1.29, 1.82) is 0 Å². The Morgan fingerprint density at radius 2 is 2.30 bits per heavy atom. The van der Waals surface area contributed by atoms with Crippen LogP contribution in [0.2, 0.25) is 0 Å². The monoisotopic (exact) mass is 317 g/mol. The molecule has 1 aliphatic heterocycles. The maximum atomic E-state index is 12.3. The summed E-state index contributed by atoms with van der Waals surface area (Å²) < 4.78 is 27.7. The fourth-order valence-corrected chi connectivity index (χ4v) is 5.23. The summed E-state index contributed by atoms with van der Waals surface area (Å²) in [5, 5.41) is 0. The van der Waals surface area contributed by atoms with E-state index in [9.17, 15) is 8.42 Å². The van der Waals surface area contributed by atoms with Crippen molar-refractivity contribution in [1.82, 2.24) is 9.62 Å². The number of likely N-dealkylation sites (N-methyl/N-ethyl adjacent to an activating group) is 1. The van der Waals surface area contributed by atoms with E-state index < -0.39 is 10.0 Å². The van der Waals surface area contributed by atoms with E-state index in [4.69, 9.17) is 5.73 Å². The highest BCUT2D eigenvalue weighted by Crippen LogP contribution is 2.25. The molecular weight excluding hydrogens is 294 g/mol. The lowest BCUT2D eigenvalue weighted by atomic mass is 10.2. The van der Waals surface area contributed by atoms with Crippen LogP contribution in [0.25, 0.3) is 0 Å². The topological polar surface area (TPSA) is 75.4 Å². The average Bonchev–Trinajstić information content (AvgIpc) is 3.02. The van der Waals surface area contributed by atoms with Crippen LogP contribution < -0.4 is 10.5 Å². The molecule has 5 nitrogen and oxygen atoms in total. The molecule has 1 atom stereocenters. The lowest BCUT2D eigenvalue weighted by molar-refractivity contribution is 0.268. The number of likely N-dealkylation sites (tertiary alicyclic amines) is 1. The smallest absolute Gasteiger partial charge is 0.250 e. The number of hydrogen-bond acceptors (Lipinski definition) is 5. The van der Waals surface area contributed by atoms with Crippen molar-refractivity contribution in [2.75, 3.05) is 19.6 Å². The van der Waals surface area contributed by atoms with Crippen molar-refractivity contribution in [3.63, 3.8) is 0 Å². The summed E-state index contributed by atoms with van der Waals surface area (Å²) in [6.07, 6.45) is 2.21. The van der Waals surface area contributed by atoms with E-state index in [1.807, 2.05) is 6.92 Å². The van der Waals surface area contributed by atoms with Gasteiger partial charge in [-0.25, -0.2) is 13.1 Å². The number of sulfonamides is 1. The third kappa shape index (κ3) is 3.40. The van der Waals surface area contributed by atoms with Crippen molar-refractivity contribution in [2.24, 2.45) is 5.73 Å². The Balaban J connectivity index is 2.03. The fourth-order valence-electron chi connectivity index (χ4n) is 2.64. The first-order chi connectivity index (χ1) is 9.47. The first-order valence-corrected chi connectivity index (χ1v) is 9.31. The number of nitrogens with two attached hydrogens (primary N) is 1. The van der Waals surface area contributed by atoms with Gasteiger partial charge in [-0.05, 0) is 44.5 Å². The molecule has 2 rings (SSSR count). The molecule has 1 saturated heterocycles. The van der Waals surface area contributed by atoms with Crippen LogP contribution in [-0.2, 0) is 16.6 Å². The van der Waals surface area contributed by atoms with E-state index in [2.05, 4.69) is 16.5 Å². The molecule has 20 heavy (non-hydrogen) atoms. The Kier molecular flexibility index (Phi) is 5.19. The predicted molar refractivity (Wildman–Crippen MR) is 82.4 cm³/mol. The molecule has 0 aliphatic carbocycles. The molecule has 1 fully saturated rings. The molecule has 1 unspecified atom stereocenters. The zero-order valence-electron chi connectivity index (χ0n) is 12.1. The van der Waals surface area contributed by atoms with Gasteiger partial charge in [0.2, 0.25) is 10.0 Å². The third-order valence-electron chi connectivity index (χ3n) is 3.86. The number of hydrogen-bond donors (Lipinski definition) is 2. The van der Waals surface area contributed by atoms with Gasteiger partial charge in [-0.3, -0.25) is 4.90 Å². The van der Waals surface area contributed by atoms with E-state index in [0.29, 0.717) is 23.3 Å². The quantitative estimate of drug-likeness (QED) is 0.829. The van der Waals surface area contributed by atoms with Gasteiger partial charge in [-0.15, -0.1) is 11.3 Å². The standard InChI is InChI=1S/C13H23N3O2S2/c1-3-16-6-4-5-11(16)9-15-20(17,18)13-7-10(2)12(8-14)19-13/h7,11,15H,3-6,8-9,14H2,1-2H3. The Hall–Kier alpha value is -0.470. The van der Waals surface area contributed by atoms with Gasteiger partial charge in [0.05, 0.1) is 0 Å². The lowest BCUT2D eigenvalue weighted by Gasteiger charge is -2.22. The van der Waals surface area contributed by atoms with Crippen LogP contribution in [0, 0.1) is 6.92 Å². The van der Waals surface area contributed by atoms with Crippen LogP contribution in [0.4, 0.5) is 0 Å². The number of thiophene rings is 1. The van der Waals surface area contributed by atoms with Crippen LogP contribution in [-0.4, -0.2) is 39.0 Å². The molecular formula is C13H23N3O2S2. The van der Waals surface area contributed by atoms with Crippen LogP contribution in [0.5, 0.6) is 0 Å². The molecule has 7 heteroatoms. The molecule has 1 aliphatic rings. The second kappa shape index (κ2) is 6.53. The van der Waals surface area contributed by atoms with Gasteiger partial charge in [-0.2, -0.15) is 0 Å². The fraction of sp³-hybridized carbons (Fsp3) is 0.692. The van der Waals surface area contributed by atoms with E-state index in [-0.39, 0.29) is 0 Å². The van der Waals surface area contributed by atoms with Crippen molar-refractivity contribution in [3.8, 4) is 0 Å². The summed E-state index contributed by atoms with van der Waals surface area (Å²) in [6, 6.07) is 2.03. The van der Waals surface area contributed by atoms with Crippen LogP contribution in [0.1, 0.15) is 30.2 Å². The summed E-state index contributed by atoms with van der Waals surface area (Å²) >= 11 is 1.27. The van der Waals surface area contributed by atoms with E-state index in [0.717, 1.165) is 36.4 Å². The summed E-state index contributed by atoms with van der Waals surface area (Å²) in [7, 11) is -3.40. The molecule has 0 radical (unpaired) electrons. The minimum absolute atomic E-state index is 0.324. The molecule has 1 aromatic heterocycles. The first kappa shape index (κ1) is 15.9. The predicted octanol–water partition coefficient (Wildman–Crippen LogP) is 1.28. The number of nitrogens with one attached hydrogen (secondary N) is 1. The summed E-state index contributed by atoms with van der Waals surface area (Å²) in [6.45, 7) is 6.93. The highest BCUT2D eigenvalue weighted by molar-refractivity contribution is 7.91. The van der Waals surface area contributed by atoms with Crippen LogP contribution in [0.15, 0.2) is 10.3 Å². The molecule has 0 aromatic carbocycles. The maximum absolute atomic E-state index is 12.3. The van der Waals surface area contributed by atoms with E-state index in [1.165, 1.54) is 11.3 Å². The largest absolute Gasteiger partial charge is 0.326 e. The van der Waals surface area contributed by atoms with Crippen molar-refractivity contribution < 1.29 is 8.42 Å². The number of nitrogens with zero attached hydrogens (tertiary/aromatic N) is 1. The zero-order valence-corrected chi connectivity index (χ0v) is 13.7. The Labute approximate surface area is 125 Å². The summed E-state index contributed by atoms with van der Waals surface area (Å²) in [4.78, 5) is 3.26. The SMILES string of the molecule is CCN1CCCC1CNS(=O)(=O)c1cc(C)c(CN)s1. The molecule has 0 bridgehead atoms. The van der Waals surface area contributed by atoms with Gasteiger partial charge in [0.1, 0.15) is 4.21 Å². The number of aryl methyl sites for hydroxylation is 1. The zero-order chi connectivity index (χ0) is 14.8. The highest BCUT2D eigenvalue weighted by atomic mass is 32.2. The molecule has 2 heterocycles. The molecule has 0 saturated carbocycles. The van der Waals surface area contributed by atoms with Crippen molar-refractivity contribution >= 4 is 21.4 Å². The summed E-state index contributed by atoms with van der Waals surface area (Å²) in [5.74, 6) is 0. The Morgan fingerprint density at radius 3 is 2.90 bits per heavy atom. The van der Waals surface area contributed by atoms with Gasteiger partial charge < -0.3 is 5.73 Å². The second-order valence-corrected chi connectivity index (χ2v) is 8.28. The minimum atomic E-state index is -3.40. The van der Waals surface area contributed by atoms with Gasteiger partial charge in [0.15, 0.2) is 0 Å². The van der Waals surface area contributed by atoms with Crippen molar-refractivity contribution in [3.05, 3.63) is 16.5 Å². The van der Waals surface area contributed by atoms with Gasteiger partial charge in [0, 0.05) is 24.0 Å².